The first kappa shape index (κ1) is 21.7. The maximum absolute atomic E-state index is 12.9. The van der Waals surface area contributed by atoms with Gasteiger partial charge in [-0.2, -0.15) is 0 Å². The number of nitrogens with one attached hydrogen (secondary N) is 1. The number of anilines is 1. The predicted molar refractivity (Wildman–Crippen MR) is 109 cm³/mol. The monoisotopic (exact) mass is 401 g/mol. The first-order valence-corrected chi connectivity index (χ1v) is 9.71. The second-order valence-corrected chi connectivity index (χ2v) is 7.48. The van der Waals surface area contributed by atoms with E-state index in [2.05, 4.69) is 5.32 Å². The Morgan fingerprint density at radius 1 is 1.11 bits per heavy atom. The third kappa shape index (κ3) is 6.21. The summed E-state index contributed by atoms with van der Waals surface area (Å²) in [5.41, 5.74) is 1.65. The molecule has 0 aliphatic rings. The highest BCUT2D eigenvalue weighted by atomic mass is 32.2. The number of esters is 1. The lowest BCUT2D eigenvalue weighted by atomic mass is 9.97. The van der Waals surface area contributed by atoms with E-state index in [4.69, 9.17) is 9.84 Å². The van der Waals surface area contributed by atoms with Crippen molar-refractivity contribution in [3.63, 3.8) is 0 Å². The van der Waals surface area contributed by atoms with Gasteiger partial charge < -0.3 is 15.2 Å². The normalized spacial score (nSPS) is 12.7. The molecule has 6 nitrogen and oxygen atoms in total. The van der Waals surface area contributed by atoms with Gasteiger partial charge in [-0.05, 0) is 23.8 Å². The summed E-state index contributed by atoms with van der Waals surface area (Å²) < 4.78 is 4.88. The number of hydrogen-bond donors (Lipinski definition) is 2. The summed E-state index contributed by atoms with van der Waals surface area (Å²) in [6.07, 6.45) is 0. The van der Waals surface area contributed by atoms with Crippen LogP contribution in [0.2, 0.25) is 0 Å². The zero-order chi connectivity index (χ0) is 20.5. The molecule has 2 aromatic rings. The minimum Gasteiger partial charge on any atom is -0.460 e. The molecule has 0 aliphatic heterocycles. The summed E-state index contributed by atoms with van der Waals surface area (Å²) in [7, 11) is 0. The van der Waals surface area contributed by atoms with Gasteiger partial charge in [0.25, 0.3) is 0 Å². The van der Waals surface area contributed by atoms with E-state index < -0.39 is 11.2 Å². The first-order valence-electron chi connectivity index (χ1n) is 8.83. The second-order valence-electron chi connectivity index (χ2n) is 6.16. The molecule has 7 heteroatoms. The Morgan fingerprint density at radius 2 is 1.82 bits per heavy atom. The van der Waals surface area contributed by atoms with Gasteiger partial charge in [0, 0.05) is 18.5 Å². The summed E-state index contributed by atoms with van der Waals surface area (Å²) in [4.78, 5) is 36.5. The van der Waals surface area contributed by atoms with E-state index in [1.165, 1.54) is 13.0 Å². The van der Waals surface area contributed by atoms with Crippen LogP contribution >= 0.6 is 11.8 Å². The van der Waals surface area contributed by atoms with E-state index in [-0.39, 0.29) is 35.7 Å². The van der Waals surface area contributed by atoms with Gasteiger partial charge in [0.15, 0.2) is 5.12 Å². The van der Waals surface area contributed by atoms with Crippen LogP contribution < -0.4 is 5.32 Å². The quantitative estimate of drug-likeness (QED) is 0.660. The number of aliphatic hydroxyl groups excluding tert-OH is 1. The minimum atomic E-state index is -0.620. The van der Waals surface area contributed by atoms with E-state index >= 15 is 0 Å². The largest absolute Gasteiger partial charge is 0.460 e. The van der Waals surface area contributed by atoms with Gasteiger partial charge in [-0.3, -0.25) is 9.59 Å². The first-order chi connectivity index (χ1) is 13.4. The maximum atomic E-state index is 12.9. The average molecular weight is 401 g/mol. The number of carbonyl (C=O) groups is 3. The molecule has 0 radical (unpaired) electrons. The Balaban J connectivity index is 2.17. The molecule has 28 heavy (non-hydrogen) atoms. The number of thioether (sulfide) groups is 1. The van der Waals surface area contributed by atoms with Crippen molar-refractivity contribution in [2.75, 3.05) is 18.5 Å². The lowest BCUT2D eigenvalue weighted by Gasteiger charge is -2.22. The number of carbonyl (C=O) groups excluding carboxylic acids is 3. The molecule has 0 fully saturated rings. The fourth-order valence-electron chi connectivity index (χ4n) is 2.65. The molecular weight excluding hydrogens is 378 g/mol. The van der Waals surface area contributed by atoms with Crippen LogP contribution in [0, 0.1) is 0 Å². The van der Waals surface area contributed by atoms with E-state index in [0.29, 0.717) is 5.69 Å². The fourth-order valence-corrected chi connectivity index (χ4v) is 3.54. The van der Waals surface area contributed by atoms with E-state index in [9.17, 15) is 14.4 Å². The Labute approximate surface area is 168 Å². The molecule has 2 N–H and O–H groups in total. The van der Waals surface area contributed by atoms with Crippen molar-refractivity contribution in [3.8, 4) is 0 Å². The number of ether oxygens (including phenoxy) is 1. The van der Waals surface area contributed by atoms with Crippen LogP contribution in [0.4, 0.5) is 5.69 Å². The molecule has 148 valence electrons. The minimum absolute atomic E-state index is 0.0959. The van der Waals surface area contributed by atoms with Crippen LogP contribution in [0.5, 0.6) is 0 Å². The molecule has 0 bridgehead atoms. The Hall–Kier alpha value is -2.64. The van der Waals surface area contributed by atoms with Gasteiger partial charge in [0.05, 0.1) is 17.4 Å². The van der Waals surface area contributed by atoms with Crippen molar-refractivity contribution in [2.45, 2.75) is 25.0 Å². The van der Waals surface area contributed by atoms with Crippen LogP contribution in [-0.2, 0) is 14.3 Å². The molecule has 0 saturated carbocycles. The van der Waals surface area contributed by atoms with Crippen LogP contribution in [0.1, 0.15) is 35.7 Å². The topological polar surface area (TPSA) is 92.7 Å². The summed E-state index contributed by atoms with van der Waals surface area (Å²) >= 11 is 0.981. The van der Waals surface area contributed by atoms with Gasteiger partial charge in [-0.1, -0.05) is 55.1 Å². The maximum Gasteiger partial charge on any atom is 0.338 e. The summed E-state index contributed by atoms with van der Waals surface area (Å²) in [6.45, 7) is 2.98. The summed E-state index contributed by atoms with van der Waals surface area (Å²) in [5.74, 6) is -1.09. The summed E-state index contributed by atoms with van der Waals surface area (Å²) in [6, 6.07) is 15.9. The number of rotatable bonds is 8. The molecule has 2 aromatic carbocycles. The Bertz CT molecular complexity index is 825. The molecule has 2 rings (SSSR count). The Kier molecular flexibility index (Phi) is 8.22. The number of amides is 1. The van der Waals surface area contributed by atoms with Crippen molar-refractivity contribution < 1.29 is 24.2 Å². The SMILES string of the molecule is CC(=O)SC(C(=O)Nc1cccc(C(=O)OCCO)c1)C(C)c1ccccc1. The van der Waals surface area contributed by atoms with Crippen LogP contribution in [0.25, 0.3) is 0 Å². The highest BCUT2D eigenvalue weighted by Crippen LogP contribution is 2.30. The zero-order valence-corrected chi connectivity index (χ0v) is 16.6. The van der Waals surface area contributed by atoms with Crippen molar-refractivity contribution in [2.24, 2.45) is 0 Å². The predicted octanol–water partition coefficient (Wildman–Crippen LogP) is 3.23. The van der Waals surface area contributed by atoms with Crippen molar-refractivity contribution in [3.05, 3.63) is 65.7 Å². The van der Waals surface area contributed by atoms with E-state index in [0.717, 1.165) is 17.3 Å². The summed E-state index contributed by atoms with van der Waals surface area (Å²) in [5, 5.41) is 10.8. The van der Waals surface area contributed by atoms with Crippen LogP contribution in [0.3, 0.4) is 0 Å². The molecule has 1 amide bonds. The molecular formula is C21H23NO5S. The number of aliphatic hydroxyl groups is 1. The molecule has 0 spiro atoms. The van der Waals surface area contributed by atoms with Crippen molar-refractivity contribution in [1.82, 2.24) is 0 Å². The standard InChI is InChI=1S/C21H23NO5S/c1-14(16-7-4-3-5-8-16)19(28-15(2)24)20(25)22-18-10-6-9-17(13-18)21(26)27-12-11-23/h3-10,13-14,19,23H,11-12H2,1-2H3,(H,22,25). The average Bonchev–Trinajstić information content (AvgIpc) is 2.70. The smallest absolute Gasteiger partial charge is 0.338 e. The molecule has 0 aliphatic carbocycles. The highest BCUT2D eigenvalue weighted by molar-refractivity contribution is 8.14. The Morgan fingerprint density at radius 3 is 2.46 bits per heavy atom. The number of hydrogen-bond acceptors (Lipinski definition) is 6. The molecule has 2 unspecified atom stereocenters. The van der Waals surface area contributed by atoms with Crippen LogP contribution in [-0.4, -0.2) is 40.6 Å². The zero-order valence-electron chi connectivity index (χ0n) is 15.8. The lowest BCUT2D eigenvalue weighted by Crippen LogP contribution is -2.30. The third-order valence-electron chi connectivity index (χ3n) is 4.02. The van der Waals surface area contributed by atoms with E-state index in [1.54, 1.807) is 18.2 Å². The van der Waals surface area contributed by atoms with Gasteiger partial charge in [0.1, 0.15) is 6.61 Å². The van der Waals surface area contributed by atoms with Crippen LogP contribution in [0.15, 0.2) is 54.6 Å². The highest BCUT2D eigenvalue weighted by Gasteiger charge is 2.28. The molecule has 2 atom stereocenters. The van der Waals surface area contributed by atoms with Gasteiger partial charge >= 0.3 is 5.97 Å². The van der Waals surface area contributed by atoms with Gasteiger partial charge in [0.2, 0.25) is 5.91 Å². The fraction of sp³-hybridized carbons (Fsp3) is 0.286. The molecule has 0 heterocycles. The second kappa shape index (κ2) is 10.6. The molecule has 0 saturated heterocycles. The van der Waals surface area contributed by atoms with Gasteiger partial charge in [-0.25, -0.2) is 4.79 Å². The van der Waals surface area contributed by atoms with Crippen molar-refractivity contribution in [1.29, 1.82) is 0 Å². The lowest BCUT2D eigenvalue weighted by molar-refractivity contribution is -0.116. The number of benzene rings is 2. The van der Waals surface area contributed by atoms with Crippen molar-refractivity contribution >= 4 is 34.4 Å². The molecule has 0 aromatic heterocycles. The van der Waals surface area contributed by atoms with Gasteiger partial charge in [-0.15, -0.1) is 0 Å². The van der Waals surface area contributed by atoms with E-state index in [1.807, 2.05) is 37.3 Å². The third-order valence-corrected chi connectivity index (χ3v) is 5.23.